The molecule has 0 aliphatic carbocycles. The van der Waals surface area contributed by atoms with Crippen molar-refractivity contribution in [1.29, 1.82) is 0 Å². The van der Waals surface area contributed by atoms with Gasteiger partial charge in [-0.3, -0.25) is 9.59 Å². The number of carbonyl (C=O) groups excluding carboxylic acids is 1. The van der Waals surface area contributed by atoms with Crippen molar-refractivity contribution in [2.24, 2.45) is 0 Å². The first-order chi connectivity index (χ1) is 9.49. The third-order valence-electron chi connectivity index (χ3n) is 2.85. The molecule has 0 spiro atoms. The number of carbonyl (C=O) groups is 1. The molecule has 1 heterocycles. The molecular formula is C14H14O5S. The summed E-state index contributed by atoms with van der Waals surface area (Å²) >= 11 is 0.940. The minimum absolute atomic E-state index is 0.0952. The van der Waals surface area contributed by atoms with Crippen molar-refractivity contribution in [2.45, 2.75) is 19.1 Å². The Hall–Kier alpha value is -1.63. The number of rotatable bonds is 4. The smallest absolute Gasteiger partial charge is 0.192 e. The van der Waals surface area contributed by atoms with Crippen molar-refractivity contribution in [3.05, 3.63) is 46.3 Å². The van der Waals surface area contributed by atoms with Crippen LogP contribution in [-0.2, 0) is 4.79 Å². The third-order valence-corrected chi connectivity index (χ3v) is 3.76. The van der Waals surface area contributed by atoms with Crippen molar-refractivity contribution in [2.75, 3.05) is 5.75 Å². The van der Waals surface area contributed by atoms with Gasteiger partial charge in [-0.05, 0) is 17.7 Å². The summed E-state index contributed by atoms with van der Waals surface area (Å²) < 4.78 is 5.17. The van der Waals surface area contributed by atoms with Gasteiger partial charge >= 0.3 is 0 Å². The zero-order valence-electron chi connectivity index (χ0n) is 10.8. The van der Waals surface area contributed by atoms with Crippen LogP contribution in [0, 0.1) is 0 Å². The molecule has 6 heteroatoms. The highest BCUT2D eigenvalue weighted by Gasteiger charge is 2.19. The first-order valence-electron chi connectivity index (χ1n) is 6.00. The van der Waals surface area contributed by atoms with Crippen molar-refractivity contribution < 1.29 is 19.4 Å². The minimum Gasteiger partial charge on any atom is -0.464 e. The van der Waals surface area contributed by atoms with Gasteiger partial charge < -0.3 is 14.6 Å². The molecule has 0 saturated carbocycles. The van der Waals surface area contributed by atoms with Crippen molar-refractivity contribution in [3.63, 3.8) is 0 Å². The van der Waals surface area contributed by atoms with E-state index in [-0.39, 0.29) is 16.3 Å². The molecule has 2 rings (SSSR count). The van der Waals surface area contributed by atoms with E-state index < -0.39 is 12.2 Å². The highest BCUT2D eigenvalue weighted by Crippen LogP contribution is 2.23. The summed E-state index contributed by atoms with van der Waals surface area (Å²) in [7, 11) is 0. The first-order valence-corrected chi connectivity index (χ1v) is 6.98. The van der Waals surface area contributed by atoms with E-state index in [2.05, 4.69) is 0 Å². The predicted octanol–water partition coefficient (Wildman–Crippen LogP) is 1.47. The molecule has 2 unspecified atom stereocenters. The predicted molar refractivity (Wildman–Crippen MR) is 76.6 cm³/mol. The Morgan fingerprint density at radius 1 is 1.35 bits per heavy atom. The van der Waals surface area contributed by atoms with Gasteiger partial charge in [-0.2, -0.15) is 0 Å². The monoisotopic (exact) mass is 294 g/mol. The molecule has 0 saturated heterocycles. The average molecular weight is 294 g/mol. The maximum Gasteiger partial charge on any atom is 0.192 e. The first kappa shape index (κ1) is 14.8. The summed E-state index contributed by atoms with van der Waals surface area (Å²) in [5.41, 5.74) is 0.613. The van der Waals surface area contributed by atoms with Gasteiger partial charge in [-0.15, -0.1) is 0 Å². The van der Waals surface area contributed by atoms with Gasteiger partial charge in [0.2, 0.25) is 0 Å². The van der Waals surface area contributed by atoms with Gasteiger partial charge in [0.05, 0.1) is 17.8 Å². The van der Waals surface area contributed by atoms with Gasteiger partial charge in [0, 0.05) is 18.7 Å². The standard InChI is InChI=1S/C14H14O5S/c1-8(15)20-7-12(17)14(18)9-2-3-13-10(6-9)11(16)4-5-19-13/h2-6,12,14,17-18H,7H2,1H3. The maximum absolute atomic E-state index is 11.7. The normalized spacial score (nSPS) is 14.2. The summed E-state index contributed by atoms with van der Waals surface area (Å²) in [4.78, 5) is 22.5. The van der Waals surface area contributed by atoms with Crippen LogP contribution in [0.1, 0.15) is 18.6 Å². The molecule has 0 radical (unpaired) electrons. The second-order valence-corrected chi connectivity index (χ2v) is 5.55. The van der Waals surface area contributed by atoms with E-state index >= 15 is 0 Å². The van der Waals surface area contributed by atoms with E-state index in [9.17, 15) is 19.8 Å². The van der Waals surface area contributed by atoms with E-state index in [1.807, 2.05) is 0 Å². The Morgan fingerprint density at radius 3 is 2.80 bits per heavy atom. The van der Waals surface area contributed by atoms with Gasteiger partial charge in [0.15, 0.2) is 10.5 Å². The quantitative estimate of drug-likeness (QED) is 0.887. The van der Waals surface area contributed by atoms with Gasteiger partial charge in [-0.25, -0.2) is 0 Å². The zero-order chi connectivity index (χ0) is 14.7. The largest absolute Gasteiger partial charge is 0.464 e. The van der Waals surface area contributed by atoms with Crippen LogP contribution in [0.2, 0.25) is 0 Å². The van der Waals surface area contributed by atoms with Gasteiger partial charge in [0.1, 0.15) is 11.7 Å². The second kappa shape index (κ2) is 6.21. The zero-order valence-corrected chi connectivity index (χ0v) is 11.6. The van der Waals surface area contributed by atoms with Crippen LogP contribution in [0.25, 0.3) is 11.0 Å². The molecule has 0 aliphatic heterocycles. The molecule has 2 aromatic rings. The van der Waals surface area contributed by atoms with Crippen molar-refractivity contribution >= 4 is 27.8 Å². The summed E-state index contributed by atoms with van der Waals surface area (Å²) in [6.45, 7) is 1.39. The van der Waals surface area contributed by atoms with E-state index in [1.54, 1.807) is 12.1 Å². The Kier molecular flexibility index (Phi) is 4.59. The fourth-order valence-electron chi connectivity index (χ4n) is 1.80. The number of aliphatic hydroxyl groups is 2. The average Bonchev–Trinajstić information content (AvgIpc) is 2.44. The Bertz CT molecular complexity index is 679. The van der Waals surface area contributed by atoms with Crippen LogP contribution in [0.15, 0.2) is 39.7 Å². The van der Waals surface area contributed by atoms with Crippen LogP contribution in [-0.4, -0.2) is 27.2 Å². The molecule has 20 heavy (non-hydrogen) atoms. The van der Waals surface area contributed by atoms with Crippen molar-refractivity contribution in [3.8, 4) is 0 Å². The lowest BCUT2D eigenvalue weighted by atomic mass is 10.0. The Labute approximate surface area is 119 Å². The Balaban J connectivity index is 2.26. The van der Waals surface area contributed by atoms with E-state index in [4.69, 9.17) is 4.42 Å². The Morgan fingerprint density at radius 2 is 2.10 bits per heavy atom. The fraction of sp³-hybridized carbons (Fsp3) is 0.286. The number of hydrogen-bond donors (Lipinski definition) is 2. The molecule has 0 fully saturated rings. The van der Waals surface area contributed by atoms with E-state index in [0.29, 0.717) is 16.5 Å². The fourth-order valence-corrected chi connectivity index (χ4v) is 2.39. The SMILES string of the molecule is CC(=O)SCC(O)C(O)c1ccc2occc(=O)c2c1. The molecule has 1 aromatic heterocycles. The molecule has 1 aromatic carbocycles. The molecule has 0 aliphatic rings. The molecule has 106 valence electrons. The van der Waals surface area contributed by atoms with E-state index in [1.165, 1.54) is 25.3 Å². The van der Waals surface area contributed by atoms with Crippen LogP contribution in [0.5, 0.6) is 0 Å². The topological polar surface area (TPSA) is 87.7 Å². The lowest BCUT2D eigenvalue weighted by Crippen LogP contribution is -2.21. The molecule has 2 N–H and O–H groups in total. The minimum atomic E-state index is -1.16. The summed E-state index contributed by atoms with van der Waals surface area (Å²) in [5.74, 6) is 0.0952. The number of fused-ring (bicyclic) bond motifs is 1. The lowest BCUT2D eigenvalue weighted by molar-refractivity contribution is -0.109. The maximum atomic E-state index is 11.7. The highest BCUT2D eigenvalue weighted by molar-refractivity contribution is 8.13. The molecule has 5 nitrogen and oxygen atoms in total. The van der Waals surface area contributed by atoms with Gasteiger partial charge in [0.25, 0.3) is 0 Å². The summed E-state index contributed by atoms with van der Waals surface area (Å²) in [5, 5.41) is 20.1. The number of hydrogen-bond acceptors (Lipinski definition) is 6. The number of aliphatic hydroxyl groups excluding tert-OH is 2. The van der Waals surface area contributed by atoms with E-state index in [0.717, 1.165) is 11.8 Å². The third kappa shape index (κ3) is 3.27. The van der Waals surface area contributed by atoms with Crippen LogP contribution < -0.4 is 5.43 Å². The molecular weight excluding hydrogens is 280 g/mol. The molecule has 2 atom stereocenters. The molecule has 0 amide bonds. The van der Waals surface area contributed by atoms with Gasteiger partial charge in [-0.1, -0.05) is 17.8 Å². The second-order valence-electron chi connectivity index (χ2n) is 4.36. The van der Waals surface area contributed by atoms with Crippen molar-refractivity contribution in [1.82, 2.24) is 0 Å². The number of thioether (sulfide) groups is 1. The lowest BCUT2D eigenvalue weighted by Gasteiger charge is -2.17. The summed E-state index contributed by atoms with van der Waals surface area (Å²) in [6, 6.07) is 5.94. The van der Waals surface area contributed by atoms with Crippen LogP contribution in [0.3, 0.4) is 0 Å². The number of benzene rings is 1. The van der Waals surface area contributed by atoms with Crippen LogP contribution in [0.4, 0.5) is 0 Å². The molecule has 0 bridgehead atoms. The summed E-state index contributed by atoms with van der Waals surface area (Å²) in [6.07, 6.45) is -0.943. The highest BCUT2D eigenvalue weighted by atomic mass is 32.2. The van der Waals surface area contributed by atoms with Crippen LogP contribution >= 0.6 is 11.8 Å².